The summed E-state index contributed by atoms with van der Waals surface area (Å²) in [5, 5.41) is 2.37. The van der Waals surface area contributed by atoms with Crippen molar-refractivity contribution in [3.05, 3.63) is 0 Å². The Balaban J connectivity index is 3.09. The number of hydrogen-bond donors (Lipinski definition) is 1. The smallest absolute Gasteiger partial charge is 0.407 e. The molecule has 0 saturated heterocycles. The summed E-state index contributed by atoms with van der Waals surface area (Å²) in [5.41, 5.74) is 0. The van der Waals surface area contributed by atoms with Crippen molar-refractivity contribution >= 4 is 6.09 Å². The number of alkyl carbamates (subject to hydrolysis) is 1. The molecule has 0 unspecified atom stereocenters. The Morgan fingerprint density at radius 2 is 2.27 bits per heavy atom. The van der Waals surface area contributed by atoms with Gasteiger partial charge in [-0.05, 0) is 0 Å². The van der Waals surface area contributed by atoms with Gasteiger partial charge in [-0.3, -0.25) is 0 Å². The maximum absolute atomic E-state index is 11.4. The first-order valence-electron chi connectivity index (χ1n) is 3.26. The molecule has 0 aliphatic carbocycles. The number of amides is 1. The minimum absolute atomic E-state index is 0.196. The van der Waals surface area contributed by atoms with Crippen molar-refractivity contribution in [3.63, 3.8) is 0 Å². The first-order valence-corrected chi connectivity index (χ1v) is 3.26. The number of hydrogen-bond acceptors (Lipinski definition) is 3. The van der Waals surface area contributed by atoms with Gasteiger partial charge in [0.1, 0.15) is 13.3 Å². The van der Waals surface area contributed by atoms with Gasteiger partial charge in [0, 0.05) is 13.7 Å². The van der Waals surface area contributed by atoms with E-state index in [1.165, 1.54) is 7.11 Å². The highest BCUT2D eigenvalue weighted by atomic mass is 19.1. The van der Waals surface area contributed by atoms with Gasteiger partial charge in [-0.25, -0.2) is 9.18 Å². The summed E-state index contributed by atoms with van der Waals surface area (Å²) in [6.07, 6.45) is -0.611. The fourth-order valence-electron chi connectivity index (χ4n) is 0.437. The van der Waals surface area contributed by atoms with Crippen LogP contribution in [-0.2, 0) is 9.47 Å². The third-order valence-corrected chi connectivity index (χ3v) is 0.886. The molecule has 0 fully saturated rings. The van der Waals surface area contributed by atoms with Crippen LogP contribution in [0.1, 0.15) is 0 Å². The van der Waals surface area contributed by atoms with Crippen LogP contribution in [0, 0.1) is 0 Å². The highest BCUT2D eigenvalue weighted by Crippen LogP contribution is 1.77. The van der Waals surface area contributed by atoms with Gasteiger partial charge in [-0.2, -0.15) is 0 Å². The maximum Gasteiger partial charge on any atom is 0.407 e. The quantitative estimate of drug-likeness (QED) is 0.597. The van der Waals surface area contributed by atoms with E-state index in [1.54, 1.807) is 0 Å². The molecule has 0 bridgehead atoms. The Bertz CT molecular complexity index is 110. The van der Waals surface area contributed by atoms with Crippen molar-refractivity contribution in [2.75, 3.05) is 33.5 Å². The van der Waals surface area contributed by atoms with E-state index in [2.05, 4.69) is 14.8 Å². The summed E-state index contributed by atoms with van der Waals surface area (Å²) in [5.74, 6) is 0. The zero-order chi connectivity index (χ0) is 8.53. The van der Waals surface area contributed by atoms with E-state index in [1.807, 2.05) is 0 Å². The molecule has 0 radical (unpaired) electrons. The van der Waals surface area contributed by atoms with Gasteiger partial charge in [0.2, 0.25) is 0 Å². The van der Waals surface area contributed by atoms with Crippen molar-refractivity contribution in [2.45, 2.75) is 0 Å². The van der Waals surface area contributed by atoms with E-state index in [9.17, 15) is 9.18 Å². The summed E-state index contributed by atoms with van der Waals surface area (Å²) in [6.45, 7) is -0.0527. The first kappa shape index (κ1) is 10.2. The van der Waals surface area contributed by atoms with Gasteiger partial charge in [-0.1, -0.05) is 0 Å². The number of halogens is 1. The molecule has 0 heterocycles. The Morgan fingerprint density at radius 3 is 2.82 bits per heavy atom. The Hall–Kier alpha value is -0.840. The van der Waals surface area contributed by atoms with E-state index >= 15 is 0 Å². The van der Waals surface area contributed by atoms with Crippen LogP contribution in [0.15, 0.2) is 0 Å². The zero-order valence-corrected chi connectivity index (χ0v) is 6.43. The van der Waals surface area contributed by atoms with Gasteiger partial charge in [-0.15, -0.1) is 0 Å². The van der Waals surface area contributed by atoms with Gasteiger partial charge in [0.15, 0.2) is 0 Å². The molecule has 4 nitrogen and oxygen atoms in total. The average Bonchev–Trinajstić information content (AvgIpc) is 2.01. The molecule has 0 aromatic heterocycles. The molecule has 0 aliphatic heterocycles. The van der Waals surface area contributed by atoms with E-state index < -0.39 is 12.8 Å². The van der Waals surface area contributed by atoms with E-state index in [-0.39, 0.29) is 6.61 Å². The Morgan fingerprint density at radius 1 is 1.55 bits per heavy atom. The van der Waals surface area contributed by atoms with Gasteiger partial charge in [0.25, 0.3) is 0 Å². The number of rotatable bonds is 5. The monoisotopic (exact) mass is 165 g/mol. The van der Waals surface area contributed by atoms with Crippen LogP contribution in [0.2, 0.25) is 0 Å². The lowest BCUT2D eigenvalue weighted by Gasteiger charge is -2.03. The lowest BCUT2D eigenvalue weighted by atomic mass is 10.7. The minimum atomic E-state index is -0.655. The second kappa shape index (κ2) is 7.27. The number of alkyl halides is 1. The van der Waals surface area contributed by atoms with Crippen molar-refractivity contribution < 1.29 is 18.7 Å². The molecule has 5 heteroatoms. The molecule has 1 amide bonds. The van der Waals surface area contributed by atoms with Crippen molar-refractivity contribution in [1.29, 1.82) is 0 Å². The lowest BCUT2D eigenvalue weighted by molar-refractivity contribution is 0.132. The molecule has 0 atom stereocenters. The maximum atomic E-state index is 11.4. The van der Waals surface area contributed by atoms with Crippen LogP contribution in [0.25, 0.3) is 0 Å². The van der Waals surface area contributed by atoms with Crippen LogP contribution in [0.5, 0.6) is 0 Å². The van der Waals surface area contributed by atoms with Gasteiger partial charge in [0.05, 0.1) is 6.61 Å². The standard InChI is InChI=1S/C6H12FNO3/c1-10-5-3-8-6(9)11-4-2-7/h2-5H2,1H3,(H,8,9). The minimum Gasteiger partial charge on any atom is -0.447 e. The van der Waals surface area contributed by atoms with Crippen molar-refractivity contribution in [3.8, 4) is 0 Å². The number of ether oxygens (including phenoxy) is 2. The number of methoxy groups -OCH3 is 1. The molecule has 0 spiro atoms. The molecular weight excluding hydrogens is 153 g/mol. The summed E-state index contributed by atoms with van der Waals surface area (Å²) < 4.78 is 20.4. The topological polar surface area (TPSA) is 47.6 Å². The molecule has 0 saturated carbocycles. The van der Waals surface area contributed by atoms with Gasteiger partial charge < -0.3 is 14.8 Å². The highest BCUT2D eigenvalue weighted by Gasteiger charge is 1.98. The second-order valence-electron chi connectivity index (χ2n) is 1.74. The molecule has 0 aromatic rings. The summed E-state index contributed by atoms with van der Waals surface area (Å²) in [6, 6.07) is 0. The Kier molecular flexibility index (Phi) is 6.71. The first-order chi connectivity index (χ1) is 5.31. The molecule has 0 rings (SSSR count). The van der Waals surface area contributed by atoms with Crippen molar-refractivity contribution in [2.24, 2.45) is 0 Å². The molecule has 0 aliphatic rings. The second-order valence-corrected chi connectivity index (χ2v) is 1.74. The summed E-state index contributed by atoms with van der Waals surface area (Å²) in [7, 11) is 1.52. The lowest BCUT2D eigenvalue weighted by Crippen LogP contribution is -2.28. The number of nitrogens with one attached hydrogen (secondary N) is 1. The summed E-state index contributed by atoms with van der Waals surface area (Å²) >= 11 is 0. The van der Waals surface area contributed by atoms with Crippen LogP contribution in [-0.4, -0.2) is 39.6 Å². The third-order valence-electron chi connectivity index (χ3n) is 0.886. The van der Waals surface area contributed by atoms with E-state index in [0.717, 1.165) is 0 Å². The van der Waals surface area contributed by atoms with Gasteiger partial charge >= 0.3 is 6.09 Å². The summed E-state index contributed by atoms with van der Waals surface area (Å²) in [4.78, 5) is 10.5. The largest absolute Gasteiger partial charge is 0.447 e. The van der Waals surface area contributed by atoms with Crippen molar-refractivity contribution in [1.82, 2.24) is 5.32 Å². The molecule has 0 aromatic carbocycles. The van der Waals surface area contributed by atoms with Crippen LogP contribution in [0.4, 0.5) is 9.18 Å². The predicted molar refractivity (Wildman–Crippen MR) is 37.2 cm³/mol. The zero-order valence-electron chi connectivity index (χ0n) is 6.43. The number of carbonyl (C=O) groups is 1. The average molecular weight is 165 g/mol. The third kappa shape index (κ3) is 7.05. The van der Waals surface area contributed by atoms with E-state index in [4.69, 9.17) is 0 Å². The Labute approximate surface area is 64.7 Å². The normalized spacial score (nSPS) is 9.27. The van der Waals surface area contributed by atoms with E-state index in [0.29, 0.717) is 13.2 Å². The highest BCUT2D eigenvalue weighted by molar-refractivity contribution is 5.66. The van der Waals surface area contributed by atoms with Crippen LogP contribution >= 0.6 is 0 Å². The van der Waals surface area contributed by atoms with Crippen LogP contribution < -0.4 is 5.32 Å². The van der Waals surface area contributed by atoms with Crippen LogP contribution in [0.3, 0.4) is 0 Å². The fourth-order valence-corrected chi connectivity index (χ4v) is 0.437. The molecule has 11 heavy (non-hydrogen) atoms. The molecular formula is C6H12FNO3. The molecule has 1 N–H and O–H groups in total. The SMILES string of the molecule is COCCNC(=O)OCCF. The predicted octanol–water partition coefficient (Wildman–Crippen LogP) is 0.328. The number of carbonyl (C=O) groups excluding carboxylic acids is 1. The fraction of sp³-hybridized carbons (Fsp3) is 0.833. The molecule has 66 valence electrons.